The Labute approximate surface area is 114 Å². The zero-order valence-corrected chi connectivity index (χ0v) is 11.8. The third-order valence-electron chi connectivity index (χ3n) is 5.19. The van der Waals surface area contributed by atoms with Crippen LogP contribution >= 0.6 is 11.8 Å². The van der Waals surface area contributed by atoms with Crippen LogP contribution in [0.4, 0.5) is 0 Å². The Morgan fingerprint density at radius 1 is 1.11 bits per heavy atom. The maximum absolute atomic E-state index is 3.92. The van der Waals surface area contributed by atoms with Gasteiger partial charge in [0.1, 0.15) is 0 Å². The molecule has 3 unspecified atom stereocenters. The number of rotatable bonds is 0. The fourth-order valence-electron chi connectivity index (χ4n) is 4.36. The molecule has 1 aromatic rings. The van der Waals surface area contributed by atoms with Gasteiger partial charge in [-0.1, -0.05) is 31.2 Å². The van der Waals surface area contributed by atoms with E-state index in [1.807, 2.05) is 0 Å². The third kappa shape index (κ3) is 1.51. The summed E-state index contributed by atoms with van der Waals surface area (Å²) in [6.07, 6.45) is 5.43. The summed E-state index contributed by atoms with van der Waals surface area (Å²) in [5, 5.41) is 4.71. The van der Waals surface area contributed by atoms with Crippen LogP contribution in [-0.4, -0.2) is 16.7 Å². The highest BCUT2D eigenvalue weighted by atomic mass is 32.2. The Kier molecular flexibility index (Phi) is 2.53. The van der Waals surface area contributed by atoms with E-state index in [2.05, 4.69) is 48.3 Å². The van der Waals surface area contributed by atoms with E-state index in [1.54, 1.807) is 11.1 Å². The Morgan fingerprint density at radius 2 is 1.72 bits per heavy atom. The van der Waals surface area contributed by atoms with Crippen LogP contribution in [0.25, 0.3) is 0 Å². The van der Waals surface area contributed by atoms with Gasteiger partial charge in [0.25, 0.3) is 0 Å². The van der Waals surface area contributed by atoms with Crippen molar-refractivity contribution in [3.63, 3.8) is 0 Å². The first-order valence-corrected chi connectivity index (χ1v) is 8.15. The molecule has 1 aromatic carbocycles. The van der Waals surface area contributed by atoms with Crippen molar-refractivity contribution in [1.29, 1.82) is 0 Å². The molecule has 0 aromatic heterocycles. The summed E-state index contributed by atoms with van der Waals surface area (Å²) in [5.41, 5.74) is 3.23. The molecule has 2 bridgehead atoms. The molecule has 96 valence electrons. The van der Waals surface area contributed by atoms with Crippen LogP contribution in [0.1, 0.15) is 30.9 Å². The summed E-state index contributed by atoms with van der Waals surface area (Å²) in [7, 11) is 0. The normalized spacial score (nSPS) is 41.9. The van der Waals surface area contributed by atoms with E-state index in [4.69, 9.17) is 0 Å². The molecule has 3 aliphatic rings. The lowest BCUT2D eigenvalue weighted by Gasteiger charge is -2.35. The molecule has 3 atom stereocenters. The first-order chi connectivity index (χ1) is 8.78. The lowest BCUT2D eigenvalue weighted by Crippen LogP contribution is -2.46. The summed E-state index contributed by atoms with van der Waals surface area (Å²) in [6, 6.07) is 9.13. The van der Waals surface area contributed by atoms with Gasteiger partial charge in [0.15, 0.2) is 0 Å². The maximum Gasteiger partial charge on any atom is 0.0712 e. The molecular formula is C16H21NS. The van der Waals surface area contributed by atoms with Crippen molar-refractivity contribution < 1.29 is 0 Å². The van der Waals surface area contributed by atoms with Crippen molar-refractivity contribution in [1.82, 2.24) is 5.32 Å². The van der Waals surface area contributed by atoms with Crippen LogP contribution in [0.2, 0.25) is 0 Å². The molecule has 2 fully saturated rings. The first-order valence-electron chi connectivity index (χ1n) is 7.27. The highest BCUT2D eigenvalue weighted by Crippen LogP contribution is 2.55. The maximum atomic E-state index is 3.92. The van der Waals surface area contributed by atoms with Crippen LogP contribution in [0.15, 0.2) is 24.3 Å². The van der Waals surface area contributed by atoms with Gasteiger partial charge in [-0.05, 0) is 48.6 Å². The molecule has 1 saturated heterocycles. The number of benzene rings is 1. The van der Waals surface area contributed by atoms with Crippen molar-refractivity contribution in [2.24, 2.45) is 11.8 Å². The zero-order chi connectivity index (χ0) is 12.2. The Morgan fingerprint density at radius 3 is 2.22 bits per heavy atom. The van der Waals surface area contributed by atoms with Gasteiger partial charge in [0, 0.05) is 11.8 Å². The van der Waals surface area contributed by atoms with Gasteiger partial charge in [0.05, 0.1) is 4.87 Å². The monoisotopic (exact) mass is 259 g/mol. The molecule has 1 aliphatic heterocycles. The van der Waals surface area contributed by atoms with Gasteiger partial charge >= 0.3 is 0 Å². The second-order valence-electron chi connectivity index (χ2n) is 6.25. The summed E-state index contributed by atoms with van der Waals surface area (Å²) < 4.78 is 0. The summed E-state index contributed by atoms with van der Waals surface area (Å²) >= 11 is 2.24. The number of hydrogen-bond acceptors (Lipinski definition) is 2. The average Bonchev–Trinajstić information content (AvgIpc) is 2.83. The molecule has 2 aliphatic carbocycles. The van der Waals surface area contributed by atoms with Crippen molar-refractivity contribution >= 4 is 11.8 Å². The first kappa shape index (κ1) is 11.4. The molecule has 1 heterocycles. The fraction of sp³-hybridized carbons (Fsp3) is 0.625. The lowest BCUT2D eigenvalue weighted by atomic mass is 9.94. The molecule has 1 nitrogen and oxygen atoms in total. The molecule has 18 heavy (non-hydrogen) atoms. The molecule has 0 radical (unpaired) electrons. The minimum Gasteiger partial charge on any atom is -0.301 e. The van der Waals surface area contributed by atoms with Crippen LogP contribution < -0.4 is 5.32 Å². The average molecular weight is 259 g/mol. The van der Waals surface area contributed by atoms with Gasteiger partial charge in [-0.2, -0.15) is 0 Å². The fourth-order valence-corrected chi connectivity index (χ4v) is 6.15. The third-order valence-corrected chi connectivity index (χ3v) is 6.96. The van der Waals surface area contributed by atoms with Crippen molar-refractivity contribution in [2.45, 2.75) is 42.7 Å². The Bertz CT molecular complexity index is 437. The Hall–Kier alpha value is -0.470. The van der Waals surface area contributed by atoms with Gasteiger partial charge in [0.2, 0.25) is 0 Å². The van der Waals surface area contributed by atoms with Crippen LogP contribution in [0.5, 0.6) is 0 Å². The van der Waals surface area contributed by atoms with Gasteiger partial charge in [-0.25, -0.2) is 0 Å². The summed E-state index contributed by atoms with van der Waals surface area (Å²) in [5.74, 6) is 1.70. The number of thioether (sulfide) groups is 1. The quantitative estimate of drug-likeness (QED) is 0.767. The smallest absolute Gasteiger partial charge is 0.0712 e. The van der Waals surface area contributed by atoms with Gasteiger partial charge < -0.3 is 5.32 Å². The van der Waals surface area contributed by atoms with E-state index in [-0.39, 0.29) is 0 Å². The number of hydrogen-bond donors (Lipinski definition) is 1. The van der Waals surface area contributed by atoms with E-state index in [0.29, 0.717) is 4.87 Å². The number of fused-ring (bicyclic) bond motifs is 1. The van der Waals surface area contributed by atoms with Crippen molar-refractivity contribution in [2.75, 3.05) is 6.54 Å². The topological polar surface area (TPSA) is 12.0 Å². The molecule has 4 rings (SSSR count). The van der Waals surface area contributed by atoms with Gasteiger partial charge in [-0.3, -0.25) is 0 Å². The molecule has 2 heteroatoms. The van der Waals surface area contributed by atoms with E-state index < -0.39 is 0 Å². The minimum absolute atomic E-state index is 0.401. The molecule has 1 N–H and O–H groups in total. The number of nitrogens with one attached hydrogen (secondary N) is 1. The highest BCUT2D eigenvalue weighted by Gasteiger charge is 2.54. The standard InChI is InChI=1S/C16H21NS/c1-11-10-17-16(18-11)14-6-7-15(16)9-13-5-3-2-4-12(13)8-14/h2-5,11,14-15,17H,6-10H2,1H3. The summed E-state index contributed by atoms with van der Waals surface area (Å²) in [4.78, 5) is 0.401. The van der Waals surface area contributed by atoms with E-state index >= 15 is 0 Å². The second-order valence-corrected chi connectivity index (χ2v) is 7.97. The van der Waals surface area contributed by atoms with Crippen molar-refractivity contribution in [3.8, 4) is 0 Å². The van der Waals surface area contributed by atoms with Crippen LogP contribution in [0.3, 0.4) is 0 Å². The van der Waals surface area contributed by atoms with E-state index in [0.717, 1.165) is 17.1 Å². The molecular weight excluding hydrogens is 238 g/mol. The molecule has 1 spiro atoms. The minimum atomic E-state index is 0.401. The predicted octanol–water partition coefficient (Wildman–Crippen LogP) is 3.23. The molecule has 0 amide bonds. The van der Waals surface area contributed by atoms with Crippen molar-refractivity contribution in [3.05, 3.63) is 35.4 Å². The van der Waals surface area contributed by atoms with Crippen LogP contribution in [0, 0.1) is 11.8 Å². The van der Waals surface area contributed by atoms with E-state index in [1.165, 1.54) is 32.2 Å². The molecule has 1 saturated carbocycles. The van der Waals surface area contributed by atoms with E-state index in [9.17, 15) is 0 Å². The predicted molar refractivity (Wildman–Crippen MR) is 77.9 cm³/mol. The zero-order valence-electron chi connectivity index (χ0n) is 11.0. The van der Waals surface area contributed by atoms with Gasteiger partial charge in [-0.15, -0.1) is 11.8 Å². The largest absolute Gasteiger partial charge is 0.301 e. The second kappa shape index (κ2) is 4.01. The van der Waals surface area contributed by atoms with Crippen LogP contribution in [-0.2, 0) is 12.8 Å². The highest BCUT2D eigenvalue weighted by molar-refractivity contribution is 8.01. The summed E-state index contributed by atoms with van der Waals surface area (Å²) in [6.45, 7) is 3.58. The SMILES string of the molecule is CC1CNC2(S1)C1CCC2Cc2ccccc2C1. The Balaban J connectivity index is 1.75. The lowest BCUT2D eigenvalue weighted by molar-refractivity contribution is 0.319.